The Kier molecular flexibility index (Phi) is 5.68. The van der Waals surface area contributed by atoms with Crippen molar-refractivity contribution in [2.24, 2.45) is 11.1 Å². The van der Waals surface area contributed by atoms with Crippen LogP contribution in [0, 0.1) is 5.41 Å². The lowest BCUT2D eigenvalue weighted by Crippen LogP contribution is -2.41. The van der Waals surface area contributed by atoms with Gasteiger partial charge in [-0.15, -0.1) is 0 Å². The zero-order valence-corrected chi connectivity index (χ0v) is 12.3. The summed E-state index contributed by atoms with van der Waals surface area (Å²) in [7, 11) is 0. The highest BCUT2D eigenvalue weighted by Crippen LogP contribution is 2.38. The van der Waals surface area contributed by atoms with E-state index in [4.69, 9.17) is 5.73 Å². The number of amides is 1. The summed E-state index contributed by atoms with van der Waals surface area (Å²) in [6, 6.07) is 0.424. The minimum Gasteiger partial charge on any atom is -0.353 e. The Labute approximate surface area is 117 Å². The summed E-state index contributed by atoms with van der Waals surface area (Å²) in [4.78, 5) is 12.3. The van der Waals surface area contributed by atoms with Crippen LogP contribution in [0.3, 0.4) is 0 Å². The minimum absolute atomic E-state index is 0.104. The average molecular weight is 266 g/mol. The molecule has 0 atom stereocenters. The predicted molar refractivity (Wildman–Crippen MR) is 78.8 cm³/mol. The van der Waals surface area contributed by atoms with Gasteiger partial charge in [0.1, 0.15) is 0 Å². The predicted octanol–water partition coefficient (Wildman–Crippen LogP) is 3.12. The Bertz CT molecular complexity index is 276. The van der Waals surface area contributed by atoms with E-state index in [9.17, 15) is 4.79 Å². The maximum Gasteiger partial charge on any atom is 0.220 e. The number of nitrogens with two attached hydrogens (primary N) is 1. The average Bonchev–Trinajstić information content (AvgIpc) is 2.68. The van der Waals surface area contributed by atoms with Gasteiger partial charge in [0.15, 0.2) is 0 Å². The van der Waals surface area contributed by atoms with Crippen molar-refractivity contribution in [2.45, 2.75) is 83.1 Å². The quantitative estimate of drug-likeness (QED) is 0.768. The highest BCUT2D eigenvalue weighted by molar-refractivity contribution is 5.77. The molecule has 0 aromatic rings. The summed E-state index contributed by atoms with van der Waals surface area (Å²) in [5.41, 5.74) is 6.07. The second kappa shape index (κ2) is 7.28. The first-order chi connectivity index (χ1) is 9.24. The minimum atomic E-state index is 0.104. The van der Waals surface area contributed by atoms with Gasteiger partial charge >= 0.3 is 0 Å². The van der Waals surface area contributed by atoms with E-state index >= 15 is 0 Å². The lowest BCUT2D eigenvalue weighted by atomic mass is 9.71. The fourth-order valence-electron chi connectivity index (χ4n) is 3.80. The van der Waals surface area contributed by atoms with Crippen LogP contribution in [0.4, 0.5) is 0 Å². The molecule has 2 aliphatic carbocycles. The Morgan fingerprint density at radius 3 is 2.16 bits per heavy atom. The Balaban J connectivity index is 1.81. The first kappa shape index (κ1) is 14.8. The van der Waals surface area contributed by atoms with Gasteiger partial charge < -0.3 is 11.1 Å². The molecule has 19 heavy (non-hydrogen) atoms. The van der Waals surface area contributed by atoms with Gasteiger partial charge in [-0.3, -0.25) is 4.79 Å². The molecule has 0 unspecified atom stereocenters. The molecule has 0 radical (unpaired) electrons. The van der Waals surface area contributed by atoms with Crippen molar-refractivity contribution >= 4 is 5.91 Å². The van der Waals surface area contributed by atoms with Crippen molar-refractivity contribution in [3.05, 3.63) is 0 Å². The standard InChI is InChI=1S/C16H30N2O/c17-13-16(10-6-3-7-11-16)12-15(19)18-14-8-4-1-2-5-9-14/h14H,1-13,17H2,(H,18,19). The third-order valence-electron chi connectivity index (χ3n) is 5.10. The van der Waals surface area contributed by atoms with Crippen LogP contribution in [0.1, 0.15) is 77.0 Å². The molecule has 3 nitrogen and oxygen atoms in total. The number of nitrogens with one attached hydrogen (secondary N) is 1. The van der Waals surface area contributed by atoms with Crippen molar-refractivity contribution < 1.29 is 4.79 Å². The number of hydrogen-bond donors (Lipinski definition) is 2. The van der Waals surface area contributed by atoms with Crippen molar-refractivity contribution in [1.82, 2.24) is 5.32 Å². The SMILES string of the molecule is NCC1(CC(=O)NC2CCCCCC2)CCCCC1. The third-order valence-corrected chi connectivity index (χ3v) is 5.10. The molecular formula is C16H30N2O. The van der Waals surface area contributed by atoms with Gasteiger partial charge in [-0.05, 0) is 37.6 Å². The molecule has 110 valence electrons. The van der Waals surface area contributed by atoms with Gasteiger partial charge in [-0.25, -0.2) is 0 Å². The molecule has 2 saturated carbocycles. The van der Waals surface area contributed by atoms with Crippen molar-refractivity contribution in [3.63, 3.8) is 0 Å². The van der Waals surface area contributed by atoms with E-state index in [1.807, 2.05) is 0 Å². The Morgan fingerprint density at radius 1 is 1.00 bits per heavy atom. The summed E-state index contributed by atoms with van der Waals surface area (Å²) in [6.07, 6.45) is 14.3. The number of rotatable bonds is 4. The number of carbonyl (C=O) groups excluding carboxylic acids is 1. The van der Waals surface area contributed by atoms with Crippen LogP contribution >= 0.6 is 0 Å². The summed E-state index contributed by atoms with van der Waals surface area (Å²) in [5.74, 6) is 0.249. The van der Waals surface area contributed by atoms with Crippen molar-refractivity contribution in [1.29, 1.82) is 0 Å². The van der Waals surface area contributed by atoms with E-state index in [1.54, 1.807) is 0 Å². The van der Waals surface area contributed by atoms with E-state index in [-0.39, 0.29) is 11.3 Å². The van der Waals surface area contributed by atoms with Crippen molar-refractivity contribution in [3.8, 4) is 0 Å². The van der Waals surface area contributed by atoms with Crippen LogP contribution in [0.2, 0.25) is 0 Å². The van der Waals surface area contributed by atoms with E-state index in [0.717, 1.165) is 12.8 Å². The lowest BCUT2D eigenvalue weighted by molar-refractivity contribution is -0.124. The van der Waals surface area contributed by atoms with Crippen LogP contribution in [-0.2, 0) is 4.79 Å². The monoisotopic (exact) mass is 266 g/mol. The van der Waals surface area contributed by atoms with E-state index in [0.29, 0.717) is 19.0 Å². The van der Waals surface area contributed by atoms with E-state index in [1.165, 1.54) is 57.8 Å². The maximum atomic E-state index is 12.3. The zero-order valence-electron chi connectivity index (χ0n) is 12.3. The second-order valence-corrected chi connectivity index (χ2v) is 6.70. The molecule has 0 spiro atoms. The lowest BCUT2D eigenvalue weighted by Gasteiger charge is -2.36. The molecule has 3 heteroatoms. The fraction of sp³-hybridized carbons (Fsp3) is 0.938. The maximum absolute atomic E-state index is 12.3. The highest BCUT2D eigenvalue weighted by Gasteiger charge is 2.33. The van der Waals surface area contributed by atoms with Gasteiger partial charge in [0.05, 0.1) is 0 Å². The largest absolute Gasteiger partial charge is 0.353 e. The Hall–Kier alpha value is -0.570. The summed E-state index contributed by atoms with van der Waals surface area (Å²) in [5, 5.41) is 3.27. The fourth-order valence-corrected chi connectivity index (χ4v) is 3.80. The van der Waals surface area contributed by atoms with E-state index in [2.05, 4.69) is 5.32 Å². The highest BCUT2D eigenvalue weighted by atomic mass is 16.1. The van der Waals surface area contributed by atoms with Gasteiger partial charge in [0, 0.05) is 12.5 Å². The first-order valence-electron chi connectivity index (χ1n) is 8.24. The molecule has 2 fully saturated rings. The van der Waals surface area contributed by atoms with E-state index < -0.39 is 0 Å². The van der Waals surface area contributed by atoms with Crippen LogP contribution in [0.15, 0.2) is 0 Å². The van der Waals surface area contributed by atoms with Gasteiger partial charge in [0.2, 0.25) is 5.91 Å². The summed E-state index contributed by atoms with van der Waals surface area (Å²) < 4.78 is 0. The molecule has 1 amide bonds. The molecule has 0 aromatic heterocycles. The van der Waals surface area contributed by atoms with Crippen LogP contribution in [0.25, 0.3) is 0 Å². The van der Waals surface area contributed by atoms with Crippen LogP contribution in [0.5, 0.6) is 0 Å². The molecule has 3 N–H and O–H groups in total. The topological polar surface area (TPSA) is 55.1 Å². The normalized spacial score (nSPS) is 24.7. The summed E-state index contributed by atoms with van der Waals surface area (Å²) in [6.45, 7) is 0.672. The van der Waals surface area contributed by atoms with Gasteiger partial charge in [-0.2, -0.15) is 0 Å². The second-order valence-electron chi connectivity index (χ2n) is 6.70. The van der Waals surface area contributed by atoms with Crippen molar-refractivity contribution in [2.75, 3.05) is 6.54 Å². The van der Waals surface area contributed by atoms with Gasteiger partial charge in [0.25, 0.3) is 0 Å². The van der Waals surface area contributed by atoms with Crippen LogP contribution < -0.4 is 11.1 Å². The molecular weight excluding hydrogens is 236 g/mol. The summed E-state index contributed by atoms with van der Waals surface area (Å²) >= 11 is 0. The molecule has 2 rings (SSSR count). The molecule has 0 aliphatic heterocycles. The first-order valence-corrected chi connectivity index (χ1v) is 8.24. The Morgan fingerprint density at radius 2 is 1.58 bits per heavy atom. The number of carbonyl (C=O) groups is 1. The third kappa shape index (κ3) is 4.48. The molecule has 0 bridgehead atoms. The smallest absolute Gasteiger partial charge is 0.220 e. The molecule has 0 saturated heterocycles. The number of hydrogen-bond acceptors (Lipinski definition) is 2. The molecule has 0 aromatic carbocycles. The zero-order chi connectivity index (χ0) is 13.6. The van der Waals surface area contributed by atoms with Gasteiger partial charge in [-0.1, -0.05) is 44.9 Å². The molecule has 2 aliphatic rings. The van der Waals surface area contributed by atoms with Crippen LogP contribution in [-0.4, -0.2) is 18.5 Å². The molecule has 0 heterocycles.